The van der Waals surface area contributed by atoms with Gasteiger partial charge in [0, 0.05) is 6.54 Å². The highest BCUT2D eigenvalue weighted by molar-refractivity contribution is 5.22. The molecular weight excluding hydrogens is 218 g/mol. The van der Waals surface area contributed by atoms with E-state index in [1.54, 1.807) is 0 Å². The molecule has 0 saturated heterocycles. The molecule has 0 N–H and O–H groups in total. The Bertz CT molecular complexity index is 247. The predicted octanol–water partition coefficient (Wildman–Crippen LogP) is 5.39. The summed E-state index contributed by atoms with van der Waals surface area (Å²) in [6.07, 6.45) is 1.13. The van der Waals surface area contributed by atoms with E-state index in [0.717, 1.165) is 26.1 Å². The third kappa shape index (κ3) is 8.30. The van der Waals surface area contributed by atoms with Gasteiger partial charge in [-0.05, 0) is 30.6 Å². The molecule has 1 heteroatoms. The van der Waals surface area contributed by atoms with Crippen LogP contribution in [0.5, 0.6) is 0 Å². The second kappa shape index (κ2) is 14.2. The maximum absolute atomic E-state index is 2.43. The minimum atomic E-state index is 0. The van der Waals surface area contributed by atoms with E-state index in [1.807, 2.05) is 13.8 Å². The molecule has 0 unspecified atom stereocenters. The van der Waals surface area contributed by atoms with Gasteiger partial charge < -0.3 is 0 Å². The van der Waals surface area contributed by atoms with Crippen LogP contribution in [0.15, 0.2) is 24.3 Å². The Labute approximate surface area is 116 Å². The first-order valence-corrected chi connectivity index (χ1v) is 6.60. The lowest BCUT2D eigenvalue weighted by Crippen LogP contribution is -2.21. The van der Waals surface area contributed by atoms with Crippen LogP contribution in [-0.4, -0.2) is 18.0 Å². The van der Waals surface area contributed by atoms with Gasteiger partial charge in [-0.2, -0.15) is 0 Å². The van der Waals surface area contributed by atoms with Gasteiger partial charge in [-0.1, -0.05) is 73.7 Å². The van der Waals surface area contributed by atoms with Crippen LogP contribution in [0.25, 0.3) is 0 Å². The van der Waals surface area contributed by atoms with Crippen molar-refractivity contribution in [3.63, 3.8) is 0 Å². The van der Waals surface area contributed by atoms with E-state index in [9.17, 15) is 0 Å². The van der Waals surface area contributed by atoms with Gasteiger partial charge >= 0.3 is 0 Å². The van der Waals surface area contributed by atoms with Crippen molar-refractivity contribution in [3.05, 3.63) is 35.4 Å². The van der Waals surface area contributed by atoms with Crippen molar-refractivity contribution >= 4 is 0 Å². The van der Waals surface area contributed by atoms with Crippen LogP contribution in [0.1, 0.15) is 60.6 Å². The van der Waals surface area contributed by atoms with E-state index in [0.29, 0.717) is 0 Å². The number of aryl methyl sites for hydroxylation is 1. The molecule has 0 aliphatic heterocycles. The molecule has 1 rings (SSSR count). The largest absolute Gasteiger partial charge is 0.300 e. The normalized spacial score (nSPS) is 8.78. The Morgan fingerprint density at radius 1 is 0.778 bits per heavy atom. The third-order valence-corrected chi connectivity index (χ3v) is 2.73. The zero-order valence-corrected chi connectivity index (χ0v) is 11.6. The number of hydrogen-bond donors (Lipinski definition) is 0. The first kappa shape index (κ1) is 22.4. The average Bonchev–Trinajstić information content (AvgIpc) is 2.39. The summed E-state index contributed by atoms with van der Waals surface area (Å²) in [5.41, 5.74) is 2.85. The molecule has 0 spiro atoms. The molecule has 0 atom stereocenters. The summed E-state index contributed by atoms with van der Waals surface area (Å²) in [5.74, 6) is 0. The summed E-state index contributed by atoms with van der Waals surface area (Å²) in [6.45, 7) is 14.0. The highest BCUT2D eigenvalue weighted by Crippen LogP contribution is 2.07. The topological polar surface area (TPSA) is 3.24 Å². The SMILES string of the molecule is C.C.CC.CCc1ccc(CN(CC)CC)cc1. The van der Waals surface area contributed by atoms with E-state index < -0.39 is 0 Å². The summed E-state index contributed by atoms with van der Waals surface area (Å²) < 4.78 is 0. The third-order valence-electron chi connectivity index (χ3n) is 2.73. The average molecular weight is 253 g/mol. The zero-order valence-electron chi connectivity index (χ0n) is 11.6. The number of benzene rings is 1. The molecule has 0 saturated carbocycles. The summed E-state index contributed by atoms with van der Waals surface area (Å²) in [5, 5.41) is 0. The monoisotopic (exact) mass is 253 g/mol. The summed E-state index contributed by atoms with van der Waals surface area (Å²) in [7, 11) is 0. The van der Waals surface area contributed by atoms with E-state index in [4.69, 9.17) is 0 Å². The van der Waals surface area contributed by atoms with Crippen LogP contribution in [0.3, 0.4) is 0 Å². The van der Waals surface area contributed by atoms with Gasteiger partial charge in [-0.25, -0.2) is 0 Å². The molecule has 108 valence electrons. The highest BCUT2D eigenvalue weighted by atomic mass is 15.1. The first-order valence-electron chi connectivity index (χ1n) is 6.60. The molecule has 0 aliphatic rings. The maximum atomic E-state index is 2.43. The zero-order chi connectivity index (χ0) is 12.4. The Hall–Kier alpha value is -0.820. The molecule has 0 aliphatic carbocycles. The molecule has 1 aromatic rings. The van der Waals surface area contributed by atoms with Gasteiger partial charge in [-0.3, -0.25) is 4.90 Å². The van der Waals surface area contributed by atoms with Crippen LogP contribution in [-0.2, 0) is 13.0 Å². The van der Waals surface area contributed by atoms with Crippen LogP contribution in [0, 0.1) is 0 Å². The molecule has 0 fully saturated rings. The molecule has 0 bridgehead atoms. The minimum absolute atomic E-state index is 0. The van der Waals surface area contributed by atoms with Gasteiger partial charge in [-0.15, -0.1) is 0 Å². The fourth-order valence-electron chi connectivity index (χ4n) is 1.59. The highest BCUT2D eigenvalue weighted by Gasteiger charge is 2.00. The Morgan fingerprint density at radius 2 is 1.17 bits per heavy atom. The number of nitrogens with zero attached hydrogens (tertiary/aromatic N) is 1. The summed E-state index contributed by atoms with van der Waals surface area (Å²) in [4.78, 5) is 2.43. The van der Waals surface area contributed by atoms with E-state index in [1.165, 1.54) is 11.1 Å². The van der Waals surface area contributed by atoms with Gasteiger partial charge in [0.2, 0.25) is 0 Å². The van der Waals surface area contributed by atoms with Crippen molar-refractivity contribution in [3.8, 4) is 0 Å². The molecular formula is C17H35N. The Kier molecular flexibility index (Phi) is 17.7. The number of rotatable bonds is 5. The van der Waals surface area contributed by atoms with Gasteiger partial charge in [0.05, 0.1) is 0 Å². The van der Waals surface area contributed by atoms with Crippen molar-refractivity contribution < 1.29 is 0 Å². The second-order valence-electron chi connectivity index (χ2n) is 3.63. The van der Waals surface area contributed by atoms with Gasteiger partial charge in [0.1, 0.15) is 0 Å². The maximum Gasteiger partial charge on any atom is 0.0233 e. The van der Waals surface area contributed by atoms with Gasteiger partial charge in [0.15, 0.2) is 0 Å². The molecule has 1 aromatic carbocycles. The molecule has 1 nitrogen and oxygen atoms in total. The molecule has 0 heterocycles. The molecule has 0 radical (unpaired) electrons. The van der Waals surface area contributed by atoms with E-state index in [2.05, 4.69) is 49.9 Å². The van der Waals surface area contributed by atoms with Crippen molar-refractivity contribution in [2.45, 2.75) is 62.4 Å². The fourth-order valence-corrected chi connectivity index (χ4v) is 1.59. The smallest absolute Gasteiger partial charge is 0.0233 e. The van der Waals surface area contributed by atoms with Gasteiger partial charge in [0.25, 0.3) is 0 Å². The predicted molar refractivity (Wildman–Crippen MR) is 87.3 cm³/mol. The summed E-state index contributed by atoms with van der Waals surface area (Å²) in [6, 6.07) is 8.96. The van der Waals surface area contributed by atoms with Crippen molar-refractivity contribution in [2.75, 3.05) is 13.1 Å². The molecule has 0 amide bonds. The van der Waals surface area contributed by atoms with Crippen molar-refractivity contribution in [1.29, 1.82) is 0 Å². The minimum Gasteiger partial charge on any atom is -0.300 e. The molecule has 18 heavy (non-hydrogen) atoms. The van der Waals surface area contributed by atoms with Crippen molar-refractivity contribution in [2.24, 2.45) is 0 Å². The van der Waals surface area contributed by atoms with Crippen molar-refractivity contribution in [1.82, 2.24) is 4.90 Å². The van der Waals surface area contributed by atoms with Crippen LogP contribution in [0.2, 0.25) is 0 Å². The van der Waals surface area contributed by atoms with Crippen LogP contribution >= 0.6 is 0 Å². The van der Waals surface area contributed by atoms with E-state index >= 15 is 0 Å². The lowest BCUT2D eigenvalue weighted by Gasteiger charge is -2.17. The lowest BCUT2D eigenvalue weighted by atomic mass is 10.1. The second-order valence-corrected chi connectivity index (χ2v) is 3.63. The summed E-state index contributed by atoms with van der Waals surface area (Å²) >= 11 is 0. The first-order chi connectivity index (χ1) is 7.80. The number of hydrogen-bond acceptors (Lipinski definition) is 1. The van der Waals surface area contributed by atoms with Crippen LogP contribution in [0.4, 0.5) is 0 Å². The quantitative estimate of drug-likeness (QED) is 0.680. The Morgan fingerprint density at radius 3 is 1.50 bits per heavy atom. The standard InChI is InChI=1S/C13H21N.C2H6.2CH4/c1-4-12-7-9-13(10-8-12)11-14(5-2)6-3;1-2;;/h7-10H,4-6,11H2,1-3H3;1-2H3;2*1H4. The van der Waals surface area contributed by atoms with E-state index in [-0.39, 0.29) is 14.9 Å². The Balaban J connectivity index is -0.000000534. The molecule has 0 aromatic heterocycles. The van der Waals surface area contributed by atoms with Crippen LogP contribution < -0.4 is 0 Å². The fraction of sp³-hybridized carbons (Fsp3) is 0.647. The lowest BCUT2D eigenvalue weighted by molar-refractivity contribution is 0.296.